The number of carbonyl (C=O) groups is 1. The number of fused-ring (bicyclic) bond motifs is 1. The van der Waals surface area contributed by atoms with Gasteiger partial charge in [-0.2, -0.15) is 0 Å². The Kier molecular flexibility index (Phi) is 5.55. The van der Waals surface area contributed by atoms with Gasteiger partial charge in [0.2, 0.25) is 15.9 Å². The van der Waals surface area contributed by atoms with E-state index in [1.54, 1.807) is 25.2 Å². The summed E-state index contributed by atoms with van der Waals surface area (Å²) in [5.41, 5.74) is 1.01. The van der Waals surface area contributed by atoms with E-state index in [4.69, 9.17) is 0 Å². The highest BCUT2D eigenvalue weighted by Crippen LogP contribution is 2.25. The van der Waals surface area contributed by atoms with Gasteiger partial charge in [0.15, 0.2) is 0 Å². The first kappa shape index (κ1) is 16.9. The van der Waals surface area contributed by atoms with E-state index in [0.717, 1.165) is 15.6 Å². The predicted octanol–water partition coefficient (Wildman–Crippen LogP) is 2.19. The van der Waals surface area contributed by atoms with Crippen molar-refractivity contribution in [1.29, 1.82) is 0 Å². The molecule has 7 heteroatoms. The average molecular weight is 340 g/mol. The lowest BCUT2D eigenvalue weighted by atomic mass is 10.2. The summed E-state index contributed by atoms with van der Waals surface area (Å²) >= 11 is 1.61. The van der Waals surface area contributed by atoms with E-state index in [0.29, 0.717) is 19.6 Å². The van der Waals surface area contributed by atoms with Crippen LogP contribution in [-0.2, 0) is 21.4 Å². The minimum absolute atomic E-state index is 0.344. The van der Waals surface area contributed by atoms with Crippen LogP contribution in [0.25, 0.3) is 10.1 Å². The number of amides is 1. The van der Waals surface area contributed by atoms with Crippen LogP contribution in [0.4, 0.5) is 0 Å². The number of nitrogens with zero attached hydrogens (tertiary/aromatic N) is 1. The first-order valence-corrected chi connectivity index (χ1v) is 9.66. The largest absolute Gasteiger partial charge is 0.351 e. The van der Waals surface area contributed by atoms with Crippen LogP contribution in [0.1, 0.15) is 19.4 Å². The molecule has 0 bridgehead atoms. The summed E-state index contributed by atoms with van der Waals surface area (Å²) in [5, 5.41) is 5.78. The van der Waals surface area contributed by atoms with Gasteiger partial charge in [0.1, 0.15) is 5.75 Å². The molecular formula is C15H20N2O3S2. The zero-order valence-electron chi connectivity index (χ0n) is 12.7. The topological polar surface area (TPSA) is 66.5 Å². The second-order valence-corrected chi connectivity index (χ2v) is 7.75. The Labute approximate surface area is 135 Å². The fraction of sp³-hybridized carbons (Fsp3) is 0.400. The third kappa shape index (κ3) is 3.85. The maximum Gasteiger partial charge on any atom is 0.236 e. The van der Waals surface area contributed by atoms with Gasteiger partial charge in [-0.3, -0.25) is 4.79 Å². The van der Waals surface area contributed by atoms with Gasteiger partial charge >= 0.3 is 0 Å². The van der Waals surface area contributed by atoms with Crippen molar-refractivity contribution in [2.24, 2.45) is 0 Å². The first-order valence-electron chi connectivity index (χ1n) is 7.17. The molecule has 0 fully saturated rings. The molecule has 0 aliphatic rings. The smallest absolute Gasteiger partial charge is 0.236 e. The molecule has 1 amide bonds. The molecule has 1 heterocycles. The van der Waals surface area contributed by atoms with Crippen LogP contribution in [0.3, 0.4) is 0 Å². The van der Waals surface area contributed by atoms with Crippen molar-refractivity contribution in [1.82, 2.24) is 9.62 Å². The second-order valence-electron chi connectivity index (χ2n) is 4.87. The van der Waals surface area contributed by atoms with E-state index in [1.165, 1.54) is 4.31 Å². The molecule has 5 nitrogen and oxygen atoms in total. The van der Waals surface area contributed by atoms with Crippen molar-refractivity contribution in [2.75, 3.05) is 18.8 Å². The predicted molar refractivity (Wildman–Crippen MR) is 90.4 cm³/mol. The summed E-state index contributed by atoms with van der Waals surface area (Å²) in [7, 11) is -3.53. The molecule has 2 rings (SSSR count). The maximum absolute atomic E-state index is 12.0. The Morgan fingerprint density at radius 2 is 1.91 bits per heavy atom. The summed E-state index contributed by atoms with van der Waals surface area (Å²) in [6.45, 7) is 4.62. The number of hydrogen-bond acceptors (Lipinski definition) is 4. The number of nitrogens with one attached hydrogen (secondary N) is 1. The number of thiophene rings is 1. The van der Waals surface area contributed by atoms with Crippen molar-refractivity contribution >= 4 is 37.4 Å². The molecule has 0 saturated heterocycles. The number of hydrogen-bond donors (Lipinski definition) is 1. The SMILES string of the molecule is CCN(CC)S(=O)(=O)CC(=O)NCc1csc2ccccc12. The lowest BCUT2D eigenvalue weighted by Crippen LogP contribution is -2.39. The van der Waals surface area contributed by atoms with Crippen molar-refractivity contribution in [2.45, 2.75) is 20.4 Å². The molecule has 0 radical (unpaired) electrons. The minimum Gasteiger partial charge on any atom is -0.351 e. The van der Waals surface area contributed by atoms with E-state index in [-0.39, 0.29) is 0 Å². The van der Waals surface area contributed by atoms with E-state index in [1.807, 2.05) is 29.6 Å². The zero-order chi connectivity index (χ0) is 16.2. The molecule has 120 valence electrons. The molecule has 1 aromatic heterocycles. The minimum atomic E-state index is -3.53. The first-order chi connectivity index (χ1) is 10.5. The second kappa shape index (κ2) is 7.21. The molecular weight excluding hydrogens is 320 g/mol. The van der Waals surface area contributed by atoms with E-state index >= 15 is 0 Å². The molecule has 1 N–H and O–H groups in total. The fourth-order valence-electron chi connectivity index (χ4n) is 2.29. The van der Waals surface area contributed by atoms with Crippen LogP contribution in [0, 0.1) is 0 Å². The fourth-order valence-corrected chi connectivity index (χ4v) is 4.65. The average Bonchev–Trinajstić information content (AvgIpc) is 2.89. The van der Waals surface area contributed by atoms with Crippen molar-refractivity contribution in [3.8, 4) is 0 Å². The monoisotopic (exact) mass is 340 g/mol. The maximum atomic E-state index is 12.0. The number of rotatable bonds is 7. The lowest BCUT2D eigenvalue weighted by molar-refractivity contribution is -0.118. The van der Waals surface area contributed by atoms with Crippen LogP contribution in [0.15, 0.2) is 29.6 Å². The Bertz CT molecular complexity index is 749. The number of sulfonamides is 1. The molecule has 1 aromatic carbocycles. The Hall–Kier alpha value is -1.44. The third-order valence-electron chi connectivity index (χ3n) is 3.45. The molecule has 0 spiro atoms. The Morgan fingerprint density at radius 1 is 1.23 bits per heavy atom. The van der Waals surface area contributed by atoms with Crippen LogP contribution in [-0.4, -0.2) is 37.5 Å². The van der Waals surface area contributed by atoms with Crippen LogP contribution in [0.2, 0.25) is 0 Å². The quantitative estimate of drug-likeness (QED) is 0.840. The molecule has 0 atom stereocenters. The van der Waals surface area contributed by atoms with E-state index in [9.17, 15) is 13.2 Å². The molecule has 0 aliphatic heterocycles. The number of carbonyl (C=O) groups excluding carboxylic acids is 1. The van der Waals surface area contributed by atoms with Gasteiger partial charge < -0.3 is 5.32 Å². The third-order valence-corrected chi connectivity index (χ3v) is 6.39. The van der Waals surface area contributed by atoms with Gasteiger partial charge in [-0.15, -0.1) is 11.3 Å². The summed E-state index contributed by atoms with van der Waals surface area (Å²) in [6, 6.07) is 7.94. The van der Waals surface area contributed by atoms with Crippen molar-refractivity contribution in [3.63, 3.8) is 0 Å². The van der Waals surface area contributed by atoms with Gasteiger partial charge in [-0.25, -0.2) is 12.7 Å². The summed E-state index contributed by atoms with van der Waals surface area (Å²) in [4.78, 5) is 11.9. The summed E-state index contributed by atoms with van der Waals surface area (Å²) in [5.74, 6) is -0.973. The summed E-state index contributed by atoms with van der Waals surface area (Å²) in [6.07, 6.45) is 0. The van der Waals surface area contributed by atoms with E-state index in [2.05, 4.69) is 5.32 Å². The van der Waals surface area contributed by atoms with Gasteiger partial charge in [-0.1, -0.05) is 32.0 Å². The summed E-state index contributed by atoms with van der Waals surface area (Å²) < 4.78 is 26.5. The van der Waals surface area contributed by atoms with Crippen molar-refractivity contribution in [3.05, 3.63) is 35.2 Å². The highest BCUT2D eigenvalue weighted by Gasteiger charge is 2.22. The standard InChI is InChI=1S/C15H20N2O3S2/c1-3-17(4-2)22(19,20)11-15(18)16-9-12-10-21-14-8-6-5-7-13(12)14/h5-8,10H,3-4,9,11H2,1-2H3,(H,16,18). The van der Waals surface area contributed by atoms with Crippen LogP contribution >= 0.6 is 11.3 Å². The Morgan fingerprint density at radius 3 is 2.59 bits per heavy atom. The van der Waals surface area contributed by atoms with Crippen LogP contribution in [0.5, 0.6) is 0 Å². The molecule has 0 saturated carbocycles. The molecule has 2 aromatic rings. The van der Waals surface area contributed by atoms with Crippen LogP contribution < -0.4 is 5.32 Å². The lowest BCUT2D eigenvalue weighted by Gasteiger charge is -2.17. The Balaban J connectivity index is 1.98. The molecule has 22 heavy (non-hydrogen) atoms. The number of benzene rings is 1. The molecule has 0 unspecified atom stereocenters. The molecule has 0 aliphatic carbocycles. The van der Waals surface area contributed by atoms with Crippen molar-refractivity contribution < 1.29 is 13.2 Å². The van der Waals surface area contributed by atoms with Gasteiger partial charge in [0, 0.05) is 24.3 Å². The highest BCUT2D eigenvalue weighted by atomic mass is 32.2. The zero-order valence-corrected chi connectivity index (χ0v) is 14.3. The van der Waals surface area contributed by atoms with E-state index < -0.39 is 21.7 Å². The van der Waals surface area contributed by atoms with Gasteiger partial charge in [0.25, 0.3) is 0 Å². The van der Waals surface area contributed by atoms with Gasteiger partial charge in [-0.05, 0) is 22.4 Å². The normalized spacial score (nSPS) is 12.0. The van der Waals surface area contributed by atoms with Gasteiger partial charge in [0.05, 0.1) is 0 Å². The highest BCUT2D eigenvalue weighted by molar-refractivity contribution is 7.89.